The molecule has 0 spiro atoms. The Morgan fingerprint density at radius 2 is 2.10 bits per heavy atom. The first-order chi connectivity index (χ1) is 9.68. The van der Waals surface area contributed by atoms with Crippen LogP contribution in [0.1, 0.15) is 19.3 Å². The van der Waals surface area contributed by atoms with E-state index in [1.54, 1.807) is 11.9 Å². The zero-order chi connectivity index (χ0) is 14.4. The minimum Gasteiger partial charge on any atom is -0.354 e. The second-order valence-electron chi connectivity index (χ2n) is 4.98. The lowest BCUT2D eigenvalue weighted by molar-refractivity contribution is -0.123. The Hall–Kier alpha value is -1.88. The van der Waals surface area contributed by atoms with E-state index in [1.165, 1.54) is 0 Å². The molecule has 5 nitrogen and oxygen atoms in total. The largest absolute Gasteiger partial charge is 0.354 e. The van der Waals surface area contributed by atoms with Gasteiger partial charge < -0.3 is 15.5 Å². The first kappa shape index (κ1) is 14.5. The fourth-order valence-corrected chi connectivity index (χ4v) is 2.29. The van der Waals surface area contributed by atoms with Crippen molar-refractivity contribution in [2.75, 3.05) is 25.0 Å². The molecule has 2 rings (SSSR count). The summed E-state index contributed by atoms with van der Waals surface area (Å²) >= 11 is 0. The molecule has 1 aliphatic rings. The maximum absolute atomic E-state index is 12.0. The Balaban J connectivity index is 1.73. The molecule has 0 aliphatic carbocycles. The zero-order valence-electron chi connectivity index (χ0n) is 11.8. The van der Waals surface area contributed by atoms with Gasteiger partial charge in [0.1, 0.15) is 0 Å². The van der Waals surface area contributed by atoms with Crippen LogP contribution in [0.5, 0.6) is 0 Å². The lowest BCUT2D eigenvalue weighted by Crippen LogP contribution is -2.41. The second-order valence-corrected chi connectivity index (χ2v) is 4.98. The van der Waals surface area contributed by atoms with E-state index in [-0.39, 0.29) is 17.9 Å². The summed E-state index contributed by atoms with van der Waals surface area (Å²) in [4.78, 5) is 25.4. The molecule has 1 aromatic carbocycles. The molecule has 1 aliphatic heterocycles. The predicted molar refractivity (Wildman–Crippen MR) is 78.5 cm³/mol. The van der Waals surface area contributed by atoms with Gasteiger partial charge in [-0.15, -0.1) is 0 Å². The normalized spacial score (nSPS) is 17.8. The third-order valence-electron chi connectivity index (χ3n) is 3.53. The minimum absolute atomic E-state index is 0.00216. The standard InChI is InChI=1S/C15H21N3O2/c1-18(12-6-3-2-4-7-12)14(19)9-11-17-15(20)13-8-5-10-16-13/h2-4,6-7,13,16H,5,8-11H2,1H3,(H,17,20). The van der Waals surface area contributed by atoms with Crippen LogP contribution >= 0.6 is 0 Å². The molecule has 2 N–H and O–H groups in total. The van der Waals surface area contributed by atoms with E-state index in [0.717, 1.165) is 25.1 Å². The number of nitrogens with one attached hydrogen (secondary N) is 2. The predicted octanol–water partition coefficient (Wildman–Crippen LogP) is 0.908. The number of carbonyl (C=O) groups excluding carboxylic acids is 2. The zero-order valence-corrected chi connectivity index (χ0v) is 11.8. The van der Waals surface area contributed by atoms with Crippen molar-refractivity contribution in [1.82, 2.24) is 10.6 Å². The van der Waals surface area contributed by atoms with E-state index >= 15 is 0 Å². The number of carbonyl (C=O) groups is 2. The maximum Gasteiger partial charge on any atom is 0.237 e. The molecule has 0 radical (unpaired) electrons. The summed E-state index contributed by atoms with van der Waals surface area (Å²) in [5, 5.41) is 5.95. The Bertz CT molecular complexity index is 455. The number of para-hydroxylation sites is 1. The van der Waals surface area contributed by atoms with Crippen LogP contribution in [0.15, 0.2) is 30.3 Å². The summed E-state index contributed by atoms with van der Waals surface area (Å²) in [6, 6.07) is 9.39. The first-order valence-corrected chi connectivity index (χ1v) is 7.01. The first-order valence-electron chi connectivity index (χ1n) is 7.01. The Labute approximate surface area is 119 Å². The van der Waals surface area contributed by atoms with E-state index in [0.29, 0.717) is 13.0 Å². The Morgan fingerprint density at radius 1 is 1.35 bits per heavy atom. The number of hydrogen-bond acceptors (Lipinski definition) is 3. The van der Waals surface area contributed by atoms with Crippen LogP contribution in [-0.4, -0.2) is 38.0 Å². The average molecular weight is 275 g/mol. The van der Waals surface area contributed by atoms with Gasteiger partial charge in [-0.1, -0.05) is 18.2 Å². The molecule has 108 valence electrons. The molecule has 1 saturated heterocycles. The van der Waals surface area contributed by atoms with E-state index < -0.39 is 0 Å². The number of anilines is 1. The minimum atomic E-state index is -0.0862. The van der Waals surface area contributed by atoms with Crippen LogP contribution in [0.4, 0.5) is 5.69 Å². The van der Waals surface area contributed by atoms with Crippen LogP contribution in [0.3, 0.4) is 0 Å². The molecule has 2 amide bonds. The maximum atomic E-state index is 12.0. The molecule has 1 unspecified atom stereocenters. The molecule has 1 heterocycles. The SMILES string of the molecule is CN(C(=O)CCNC(=O)C1CCCN1)c1ccccc1. The van der Waals surface area contributed by atoms with Gasteiger partial charge in [0.2, 0.25) is 11.8 Å². The van der Waals surface area contributed by atoms with Crippen molar-refractivity contribution in [2.24, 2.45) is 0 Å². The number of benzene rings is 1. The number of amides is 2. The molecule has 20 heavy (non-hydrogen) atoms. The van der Waals surface area contributed by atoms with Gasteiger partial charge in [-0.3, -0.25) is 9.59 Å². The van der Waals surface area contributed by atoms with E-state index in [1.807, 2.05) is 30.3 Å². The van der Waals surface area contributed by atoms with Crippen molar-refractivity contribution < 1.29 is 9.59 Å². The van der Waals surface area contributed by atoms with Crippen LogP contribution in [0, 0.1) is 0 Å². The Kier molecular flexibility index (Phi) is 5.12. The summed E-state index contributed by atoms with van der Waals surface area (Å²) < 4.78 is 0. The van der Waals surface area contributed by atoms with Gasteiger partial charge in [0.15, 0.2) is 0 Å². The smallest absolute Gasteiger partial charge is 0.237 e. The van der Waals surface area contributed by atoms with Crippen molar-refractivity contribution in [1.29, 1.82) is 0 Å². The number of rotatable bonds is 5. The summed E-state index contributed by atoms with van der Waals surface area (Å²) in [6.45, 7) is 1.28. The lowest BCUT2D eigenvalue weighted by Gasteiger charge is -2.17. The van der Waals surface area contributed by atoms with Gasteiger partial charge in [-0.25, -0.2) is 0 Å². The molecule has 1 atom stereocenters. The van der Waals surface area contributed by atoms with Gasteiger partial charge >= 0.3 is 0 Å². The van der Waals surface area contributed by atoms with E-state index in [2.05, 4.69) is 10.6 Å². The van der Waals surface area contributed by atoms with Gasteiger partial charge in [-0.05, 0) is 31.5 Å². The lowest BCUT2D eigenvalue weighted by atomic mass is 10.2. The van der Waals surface area contributed by atoms with Gasteiger partial charge in [0, 0.05) is 25.7 Å². The second kappa shape index (κ2) is 7.05. The van der Waals surface area contributed by atoms with Gasteiger partial charge in [0.25, 0.3) is 0 Å². The molecule has 1 aromatic rings. The van der Waals surface area contributed by atoms with Crippen LogP contribution < -0.4 is 15.5 Å². The molecule has 0 saturated carbocycles. The molecule has 0 aromatic heterocycles. The van der Waals surface area contributed by atoms with Gasteiger partial charge in [-0.2, -0.15) is 0 Å². The summed E-state index contributed by atoms with van der Waals surface area (Å²) in [6.07, 6.45) is 2.22. The van der Waals surface area contributed by atoms with Crippen LogP contribution in [-0.2, 0) is 9.59 Å². The Morgan fingerprint density at radius 3 is 2.75 bits per heavy atom. The molecule has 5 heteroatoms. The molecular formula is C15H21N3O2. The fourth-order valence-electron chi connectivity index (χ4n) is 2.29. The number of nitrogens with zero attached hydrogens (tertiary/aromatic N) is 1. The fraction of sp³-hybridized carbons (Fsp3) is 0.467. The van der Waals surface area contributed by atoms with Crippen LogP contribution in [0.25, 0.3) is 0 Å². The van der Waals surface area contributed by atoms with Crippen molar-refractivity contribution in [3.63, 3.8) is 0 Å². The number of hydrogen-bond donors (Lipinski definition) is 2. The van der Waals surface area contributed by atoms with E-state index in [4.69, 9.17) is 0 Å². The van der Waals surface area contributed by atoms with Crippen LogP contribution in [0.2, 0.25) is 0 Å². The highest BCUT2D eigenvalue weighted by Crippen LogP contribution is 2.11. The van der Waals surface area contributed by atoms with Crippen molar-refractivity contribution >= 4 is 17.5 Å². The summed E-state index contributed by atoms with van der Waals surface area (Å²) in [5.74, 6) is -0.00598. The average Bonchev–Trinajstić information content (AvgIpc) is 3.01. The van der Waals surface area contributed by atoms with Crippen molar-refractivity contribution in [3.05, 3.63) is 30.3 Å². The van der Waals surface area contributed by atoms with Crippen molar-refractivity contribution in [3.8, 4) is 0 Å². The van der Waals surface area contributed by atoms with Gasteiger partial charge in [0.05, 0.1) is 6.04 Å². The molecular weight excluding hydrogens is 254 g/mol. The molecule has 0 bridgehead atoms. The highest BCUT2D eigenvalue weighted by Gasteiger charge is 2.21. The molecule has 1 fully saturated rings. The highest BCUT2D eigenvalue weighted by atomic mass is 16.2. The van der Waals surface area contributed by atoms with Crippen molar-refractivity contribution in [2.45, 2.75) is 25.3 Å². The summed E-state index contributed by atoms with van der Waals surface area (Å²) in [7, 11) is 1.75. The topological polar surface area (TPSA) is 61.4 Å². The third-order valence-corrected chi connectivity index (χ3v) is 3.53. The van der Waals surface area contributed by atoms with E-state index in [9.17, 15) is 9.59 Å². The quantitative estimate of drug-likeness (QED) is 0.839. The summed E-state index contributed by atoms with van der Waals surface area (Å²) in [5.41, 5.74) is 0.862. The monoisotopic (exact) mass is 275 g/mol. The highest BCUT2D eigenvalue weighted by molar-refractivity contribution is 5.93. The third kappa shape index (κ3) is 3.81.